The van der Waals surface area contributed by atoms with Crippen LogP contribution in [0.1, 0.15) is 30.7 Å². The van der Waals surface area contributed by atoms with Crippen LogP contribution >= 0.6 is 27.3 Å². The molecule has 0 amide bonds. The first kappa shape index (κ1) is 15.1. The van der Waals surface area contributed by atoms with Gasteiger partial charge >= 0.3 is 0 Å². The van der Waals surface area contributed by atoms with Gasteiger partial charge in [-0.1, -0.05) is 6.92 Å². The quantitative estimate of drug-likeness (QED) is 0.830. The van der Waals surface area contributed by atoms with E-state index >= 15 is 0 Å². The molecular formula is C11H18BrNO2S2. The van der Waals surface area contributed by atoms with Crippen LogP contribution in [-0.4, -0.2) is 27.0 Å². The Labute approximate surface area is 116 Å². The molecule has 0 spiro atoms. The lowest BCUT2D eigenvalue weighted by atomic mass is 10.2. The van der Waals surface area contributed by atoms with Crippen molar-refractivity contribution in [3.63, 3.8) is 0 Å². The van der Waals surface area contributed by atoms with Gasteiger partial charge in [0, 0.05) is 17.2 Å². The summed E-state index contributed by atoms with van der Waals surface area (Å²) in [6, 6.07) is 4.19. The van der Waals surface area contributed by atoms with Crippen LogP contribution < -0.4 is 5.32 Å². The van der Waals surface area contributed by atoms with Crippen molar-refractivity contribution in [2.24, 2.45) is 0 Å². The standard InChI is InChI=1S/C11H18BrNO2S2/c1-3-7-13-9(6-8-17(2,14)15)10-4-5-11(12)16-10/h4-5,9,13H,3,6-8H2,1-2H3. The molecule has 0 bridgehead atoms. The van der Waals surface area contributed by atoms with Crippen LogP contribution in [0, 0.1) is 0 Å². The van der Waals surface area contributed by atoms with Crippen LogP contribution in [0.3, 0.4) is 0 Å². The fourth-order valence-electron chi connectivity index (χ4n) is 1.51. The number of hydrogen-bond acceptors (Lipinski definition) is 4. The van der Waals surface area contributed by atoms with Crippen molar-refractivity contribution in [3.8, 4) is 0 Å². The van der Waals surface area contributed by atoms with E-state index in [1.54, 1.807) is 11.3 Å². The maximum absolute atomic E-state index is 11.2. The van der Waals surface area contributed by atoms with Gasteiger partial charge in [0.05, 0.1) is 9.54 Å². The molecule has 1 N–H and O–H groups in total. The van der Waals surface area contributed by atoms with E-state index in [4.69, 9.17) is 0 Å². The molecule has 0 saturated heterocycles. The van der Waals surface area contributed by atoms with Gasteiger partial charge < -0.3 is 5.32 Å². The maximum Gasteiger partial charge on any atom is 0.147 e. The number of hydrogen-bond donors (Lipinski definition) is 1. The van der Waals surface area contributed by atoms with E-state index in [-0.39, 0.29) is 11.8 Å². The third-order valence-corrected chi connectivity index (χ3v) is 5.07. The summed E-state index contributed by atoms with van der Waals surface area (Å²) in [5.41, 5.74) is 0. The van der Waals surface area contributed by atoms with Crippen LogP contribution in [0.4, 0.5) is 0 Å². The fourth-order valence-corrected chi connectivity index (χ4v) is 3.71. The van der Waals surface area contributed by atoms with Crippen molar-refractivity contribution in [3.05, 3.63) is 20.8 Å². The van der Waals surface area contributed by atoms with E-state index in [2.05, 4.69) is 28.2 Å². The van der Waals surface area contributed by atoms with Crippen LogP contribution in [0.5, 0.6) is 0 Å². The first-order chi connectivity index (χ1) is 7.92. The first-order valence-electron chi connectivity index (χ1n) is 5.58. The highest BCUT2D eigenvalue weighted by molar-refractivity contribution is 9.11. The number of sulfone groups is 1. The molecule has 0 aliphatic rings. The SMILES string of the molecule is CCCNC(CCS(C)(=O)=O)c1ccc(Br)s1. The Bertz CT molecular complexity index is 442. The Morgan fingerprint density at radius 3 is 2.65 bits per heavy atom. The zero-order valence-corrected chi connectivity index (χ0v) is 13.3. The molecule has 0 aromatic carbocycles. The van der Waals surface area contributed by atoms with Crippen LogP contribution in [0.2, 0.25) is 0 Å². The predicted molar refractivity (Wildman–Crippen MR) is 77.4 cm³/mol. The molecule has 6 heteroatoms. The average Bonchev–Trinajstić information content (AvgIpc) is 2.63. The summed E-state index contributed by atoms with van der Waals surface area (Å²) in [7, 11) is -2.89. The van der Waals surface area contributed by atoms with Crippen molar-refractivity contribution in [1.29, 1.82) is 0 Å². The molecule has 0 fully saturated rings. The summed E-state index contributed by atoms with van der Waals surface area (Å²) in [6.45, 7) is 3.01. The Morgan fingerprint density at radius 1 is 1.47 bits per heavy atom. The van der Waals surface area contributed by atoms with Crippen molar-refractivity contribution in [2.45, 2.75) is 25.8 Å². The van der Waals surface area contributed by atoms with Gasteiger partial charge in [0.2, 0.25) is 0 Å². The summed E-state index contributed by atoms with van der Waals surface area (Å²) in [6.07, 6.45) is 2.96. The van der Waals surface area contributed by atoms with Gasteiger partial charge in [-0.3, -0.25) is 0 Å². The minimum absolute atomic E-state index is 0.140. The molecule has 1 aromatic rings. The molecule has 3 nitrogen and oxygen atoms in total. The molecule has 17 heavy (non-hydrogen) atoms. The molecule has 0 aliphatic heterocycles. The molecule has 0 radical (unpaired) electrons. The number of halogens is 1. The lowest BCUT2D eigenvalue weighted by molar-refractivity contribution is 0.520. The molecule has 98 valence electrons. The zero-order valence-electron chi connectivity index (χ0n) is 10.1. The van der Waals surface area contributed by atoms with E-state index in [1.807, 2.05) is 12.1 Å². The maximum atomic E-state index is 11.2. The minimum Gasteiger partial charge on any atom is -0.309 e. The zero-order chi connectivity index (χ0) is 12.9. The summed E-state index contributed by atoms with van der Waals surface area (Å²) < 4.78 is 23.5. The van der Waals surface area contributed by atoms with E-state index in [9.17, 15) is 8.42 Å². The molecule has 1 atom stereocenters. The van der Waals surface area contributed by atoms with E-state index < -0.39 is 9.84 Å². The highest BCUT2D eigenvalue weighted by Crippen LogP contribution is 2.29. The van der Waals surface area contributed by atoms with Gasteiger partial charge in [0.25, 0.3) is 0 Å². The van der Waals surface area contributed by atoms with Crippen LogP contribution in [-0.2, 0) is 9.84 Å². The average molecular weight is 340 g/mol. The van der Waals surface area contributed by atoms with Gasteiger partial charge in [0.15, 0.2) is 0 Å². The normalized spacial score (nSPS) is 13.8. The van der Waals surface area contributed by atoms with Crippen molar-refractivity contribution < 1.29 is 8.42 Å². The third-order valence-electron chi connectivity index (χ3n) is 2.36. The highest BCUT2D eigenvalue weighted by atomic mass is 79.9. The van der Waals surface area contributed by atoms with Gasteiger partial charge in [0.1, 0.15) is 9.84 Å². The van der Waals surface area contributed by atoms with Crippen molar-refractivity contribution in [1.82, 2.24) is 5.32 Å². The fraction of sp³-hybridized carbons (Fsp3) is 0.636. The van der Waals surface area contributed by atoms with Crippen LogP contribution in [0.25, 0.3) is 0 Å². The number of thiophene rings is 1. The molecular weight excluding hydrogens is 322 g/mol. The minimum atomic E-state index is -2.89. The largest absolute Gasteiger partial charge is 0.309 e. The summed E-state index contributed by atoms with van der Waals surface area (Å²) in [5.74, 6) is 0.226. The number of nitrogens with one attached hydrogen (secondary N) is 1. The number of rotatable bonds is 7. The van der Waals surface area contributed by atoms with Gasteiger partial charge in [-0.25, -0.2) is 8.42 Å². The van der Waals surface area contributed by atoms with Gasteiger partial charge in [-0.15, -0.1) is 11.3 Å². The molecule has 1 rings (SSSR count). The van der Waals surface area contributed by atoms with E-state index in [1.165, 1.54) is 11.1 Å². The first-order valence-corrected chi connectivity index (χ1v) is 9.25. The Kier molecular flexibility index (Phi) is 6.12. The lowest BCUT2D eigenvalue weighted by Gasteiger charge is -2.16. The molecule has 1 unspecified atom stereocenters. The Morgan fingerprint density at radius 2 is 2.18 bits per heavy atom. The second-order valence-corrected chi connectivity index (χ2v) is 8.82. The second-order valence-electron chi connectivity index (χ2n) is 4.07. The molecule has 0 saturated carbocycles. The highest BCUT2D eigenvalue weighted by Gasteiger charge is 2.15. The van der Waals surface area contributed by atoms with Crippen LogP contribution in [0.15, 0.2) is 15.9 Å². The molecule has 1 heterocycles. The summed E-state index contributed by atoms with van der Waals surface area (Å²) in [4.78, 5) is 1.19. The predicted octanol–water partition coefficient (Wildman–Crippen LogP) is 2.99. The molecule has 0 aliphatic carbocycles. The summed E-state index contributed by atoms with van der Waals surface area (Å²) in [5, 5.41) is 3.40. The smallest absolute Gasteiger partial charge is 0.147 e. The van der Waals surface area contributed by atoms with E-state index in [0.29, 0.717) is 6.42 Å². The van der Waals surface area contributed by atoms with Gasteiger partial charge in [-0.05, 0) is 47.4 Å². The topological polar surface area (TPSA) is 46.2 Å². The van der Waals surface area contributed by atoms with Crippen molar-refractivity contribution >= 4 is 37.1 Å². The third kappa shape index (κ3) is 5.99. The Hall–Kier alpha value is 0.0900. The Balaban J connectivity index is 2.67. The van der Waals surface area contributed by atoms with E-state index in [0.717, 1.165) is 16.8 Å². The van der Waals surface area contributed by atoms with Crippen molar-refractivity contribution in [2.75, 3.05) is 18.6 Å². The second kappa shape index (κ2) is 6.87. The lowest BCUT2D eigenvalue weighted by Crippen LogP contribution is -2.23. The molecule has 1 aromatic heterocycles. The summed E-state index contributed by atoms with van der Waals surface area (Å²) >= 11 is 5.09. The van der Waals surface area contributed by atoms with Gasteiger partial charge in [-0.2, -0.15) is 0 Å². The monoisotopic (exact) mass is 339 g/mol.